The van der Waals surface area contributed by atoms with Crippen molar-refractivity contribution in [1.29, 1.82) is 5.26 Å². The maximum Gasteiger partial charge on any atom is 0.264 e. The third-order valence-electron chi connectivity index (χ3n) is 3.17. The minimum atomic E-state index is 0.0192. The summed E-state index contributed by atoms with van der Waals surface area (Å²) in [6, 6.07) is 13.5. The predicted octanol–water partition coefficient (Wildman–Crippen LogP) is 4.11. The van der Waals surface area contributed by atoms with E-state index in [2.05, 4.69) is 6.07 Å². The van der Waals surface area contributed by atoms with Gasteiger partial charge in [0.15, 0.2) is 0 Å². The number of nitrogens with zero attached hydrogens (tertiary/aromatic N) is 2. The summed E-state index contributed by atoms with van der Waals surface area (Å²) in [7, 11) is 1.79. The molecule has 0 bridgehead atoms. The lowest BCUT2D eigenvalue weighted by atomic mass is 10.1. The molecule has 0 aliphatic heterocycles. The topological polar surface area (TPSA) is 44.1 Å². The maximum absolute atomic E-state index is 12.4. The van der Waals surface area contributed by atoms with Crippen molar-refractivity contribution >= 4 is 38.0 Å². The van der Waals surface area contributed by atoms with Crippen LogP contribution in [-0.4, -0.2) is 17.9 Å². The second-order valence-corrected chi connectivity index (χ2v) is 6.76. The summed E-state index contributed by atoms with van der Waals surface area (Å²) in [5.41, 5.74) is 1.58. The van der Waals surface area contributed by atoms with Gasteiger partial charge in [-0.3, -0.25) is 4.79 Å². The lowest BCUT2D eigenvalue weighted by molar-refractivity contribution is 0.0790. The Morgan fingerprint density at radius 3 is 2.90 bits per heavy atom. The van der Waals surface area contributed by atoms with Crippen molar-refractivity contribution in [2.75, 3.05) is 7.05 Å². The number of hydrogen-bond donors (Lipinski definition) is 0. The van der Waals surface area contributed by atoms with Gasteiger partial charge in [-0.05, 0) is 35.2 Å². The maximum atomic E-state index is 12.4. The molecule has 0 saturated heterocycles. The molecule has 1 amide bonds. The van der Waals surface area contributed by atoms with Crippen LogP contribution in [0.1, 0.15) is 20.8 Å². The van der Waals surface area contributed by atoms with Crippen LogP contribution in [0.5, 0.6) is 0 Å². The molecule has 5 heteroatoms. The smallest absolute Gasteiger partial charge is 0.264 e. The minimum Gasteiger partial charge on any atom is -0.337 e. The fourth-order valence-electron chi connectivity index (χ4n) is 2.14. The highest BCUT2D eigenvalue weighted by molar-refractivity contribution is 7.27. The van der Waals surface area contributed by atoms with Crippen LogP contribution in [-0.2, 0) is 6.54 Å². The van der Waals surface area contributed by atoms with Gasteiger partial charge in [-0.1, -0.05) is 12.1 Å². The zero-order chi connectivity index (χ0) is 14.8. The Balaban J connectivity index is 1.78. The third-order valence-corrected chi connectivity index (χ3v) is 5.25. The normalized spacial score (nSPS) is 10.5. The average molecular weight is 312 g/mol. The Morgan fingerprint density at radius 1 is 1.29 bits per heavy atom. The Morgan fingerprint density at radius 2 is 2.14 bits per heavy atom. The van der Waals surface area contributed by atoms with E-state index >= 15 is 0 Å². The van der Waals surface area contributed by atoms with Gasteiger partial charge in [0.05, 0.1) is 16.5 Å². The van der Waals surface area contributed by atoms with Crippen molar-refractivity contribution in [3.05, 3.63) is 57.8 Å². The molecule has 0 N–H and O–H groups in total. The predicted molar refractivity (Wildman–Crippen MR) is 86.7 cm³/mol. The molecule has 3 aromatic rings. The van der Waals surface area contributed by atoms with Crippen molar-refractivity contribution in [3.8, 4) is 6.07 Å². The molecule has 0 unspecified atom stereocenters. The number of hydrogen-bond acceptors (Lipinski definition) is 4. The van der Waals surface area contributed by atoms with Gasteiger partial charge in [0.2, 0.25) is 0 Å². The van der Waals surface area contributed by atoms with Crippen LogP contribution in [0.3, 0.4) is 0 Å². The van der Waals surface area contributed by atoms with Crippen molar-refractivity contribution in [2.45, 2.75) is 6.54 Å². The Labute approximate surface area is 130 Å². The number of carbonyl (C=O) groups excluding carboxylic acids is 1. The van der Waals surface area contributed by atoms with E-state index in [4.69, 9.17) is 5.26 Å². The number of amides is 1. The summed E-state index contributed by atoms with van der Waals surface area (Å²) in [5.74, 6) is 0.0192. The van der Waals surface area contributed by atoms with Crippen molar-refractivity contribution < 1.29 is 4.79 Å². The highest BCUT2D eigenvalue weighted by Gasteiger charge is 2.15. The summed E-state index contributed by atoms with van der Waals surface area (Å²) in [6.07, 6.45) is 0. The fraction of sp³-hybridized carbons (Fsp3) is 0.125. The first kappa shape index (κ1) is 13.8. The monoisotopic (exact) mass is 312 g/mol. The van der Waals surface area contributed by atoms with Crippen LogP contribution in [0.15, 0.2) is 41.8 Å². The molecular formula is C16H12N2OS2. The van der Waals surface area contributed by atoms with Gasteiger partial charge >= 0.3 is 0 Å². The van der Waals surface area contributed by atoms with Gasteiger partial charge < -0.3 is 4.90 Å². The highest BCUT2D eigenvalue weighted by Crippen LogP contribution is 2.30. The highest BCUT2D eigenvalue weighted by atomic mass is 32.1. The first-order valence-electron chi connectivity index (χ1n) is 6.39. The SMILES string of the molecule is CN(Cc1cccc(C#N)c1)C(=O)c1cc2sccc2s1. The summed E-state index contributed by atoms with van der Waals surface area (Å²) in [6.45, 7) is 0.500. The van der Waals surface area contributed by atoms with E-state index in [1.54, 1.807) is 29.4 Å². The van der Waals surface area contributed by atoms with Crippen LogP contribution < -0.4 is 0 Å². The largest absolute Gasteiger partial charge is 0.337 e. The summed E-state index contributed by atoms with van der Waals surface area (Å²) >= 11 is 3.18. The van der Waals surface area contributed by atoms with Gasteiger partial charge in [0, 0.05) is 23.0 Å². The van der Waals surface area contributed by atoms with Gasteiger partial charge in [-0.15, -0.1) is 22.7 Å². The third kappa shape index (κ3) is 2.82. The van der Waals surface area contributed by atoms with Gasteiger partial charge in [0.25, 0.3) is 5.91 Å². The molecule has 0 radical (unpaired) electrons. The zero-order valence-corrected chi connectivity index (χ0v) is 13.0. The van der Waals surface area contributed by atoms with E-state index in [1.165, 1.54) is 11.3 Å². The Hall–Kier alpha value is -2.16. The van der Waals surface area contributed by atoms with Crippen molar-refractivity contribution in [2.24, 2.45) is 0 Å². The van der Waals surface area contributed by atoms with Crippen LogP contribution >= 0.6 is 22.7 Å². The molecule has 1 aromatic carbocycles. The van der Waals surface area contributed by atoms with E-state index in [0.717, 1.165) is 19.8 Å². The average Bonchev–Trinajstić information content (AvgIpc) is 3.07. The summed E-state index contributed by atoms with van der Waals surface area (Å²) in [5, 5.41) is 10.9. The minimum absolute atomic E-state index is 0.0192. The van der Waals surface area contributed by atoms with Crippen LogP contribution in [0, 0.1) is 11.3 Å². The molecule has 104 valence electrons. The van der Waals surface area contributed by atoms with Gasteiger partial charge in [-0.2, -0.15) is 5.26 Å². The first-order valence-corrected chi connectivity index (χ1v) is 8.08. The molecule has 0 fully saturated rings. The number of fused-ring (bicyclic) bond motifs is 1. The molecule has 2 aromatic heterocycles. The lowest BCUT2D eigenvalue weighted by Gasteiger charge is -2.16. The molecule has 0 saturated carbocycles. The van der Waals surface area contributed by atoms with Crippen LogP contribution in [0.4, 0.5) is 0 Å². The Bertz CT molecular complexity index is 813. The van der Waals surface area contributed by atoms with Crippen LogP contribution in [0.2, 0.25) is 0 Å². The van der Waals surface area contributed by atoms with Gasteiger partial charge in [0.1, 0.15) is 0 Å². The fourth-order valence-corrected chi connectivity index (χ4v) is 4.25. The molecule has 3 rings (SSSR count). The molecule has 0 atom stereocenters. The van der Waals surface area contributed by atoms with E-state index in [9.17, 15) is 4.79 Å². The lowest BCUT2D eigenvalue weighted by Crippen LogP contribution is -2.25. The second kappa shape index (κ2) is 5.68. The van der Waals surface area contributed by atoms with Crippen molar-refractivity contribution in [1.82, 2.24) is 4.90 Å². The molecule has 2 heterocycles. The second-order valence-electron chi connectivity index (χ2n) is 4.73. The number of nitriles is 1. The molecule has 3 nitrogen and oxygen atoms in total. The molecular weight excluding hydrogens is 300 g/mol. The molecule has 0 spiro atoms. The zero-order valence-electron chi connectivity index (χ0n) is 11.4. The number of benzene rings is 1. The summed E-state index contributed by atoms with van der Waals surface area (Å²) in [4.78, 5) is 14.9. The van der Waals surface area contributed by atoms with Gasteiger partial charge in [-0.25, -0.2) is 0 Å². The van der Waals surface area contributed by atoms with Crippen LogP contribution in [0.25, 0.3) is 9.40 Å². The van der Waals surface area contributed by atoms with E-state index in [1.807, 2.05) is 35.7 Å². The van der Waals surface area contributed by atoms with E-state index in [-0.39, 0.29) is 5.91 Å². The standard InChI is InChI=1S/C16H12N2OS2/c1-18(10-12-4-2-3-11(7-12)9-17)16(19)15-8-14-13(21-15)5-6-20-14/h2-8H,10H2,1H3. The Kier molecular flexibility index (Phi) is 3.74. The molecule has 0 aliphatic carbocycles. The first-order chi connectivity index (χ1) is 10.2. The number of carbonyl (C=O) groups is 1. The quantitative estimate of drug-likeness (QED) is 0.730. The van der Waals surface area contributed by atoms with Crippen molar-refractivity contribution in [3.63, 3.8) is 0 Å². The molecule has 0 aliphatic rings. The molecule has 21 heavy (non-hydrogen) atoms. The number of rotatable bonds is 3. The van der Waals surface area contributed by atoms with E-state index < -0.39 is 0 Å². The van der Waals surface area contributed by atoms with E-state index in [0.29, 0.717) is 12.1 Å². The number of thiophene rings is 2. The summed E-state index contributed by atoms with van der Waals surface area (Å²) < 4.78 is 2.31.